The van der Waals surface area contributed by atoms with Gasteiger partial charge in [-0.15, -0.1) is 0 Å². The monoisotopic (exact) mass is 282 g/mol. The van der Waals surface area contributed by atoms with Crippen LogP contribution in [0.2, 0.25) is 0 Å². The van der Waals surface area contributed by atoms with Crippen LogP contribution in [0.25, 0.3) is 5.57 Å². The van der Waals surface area contributed by atoms with Gasteiger partial charge in [0.2, 0.25) is 0 Å². The molecule has 0 amide bonds. The Balaban J connectivity index is 0.00000191. The van der Waals surface area contributed by atoms with Crippen molar-refractivity contribution in [3.63, 3.8) is 0 Å². The Bertz CT molecular complexity index is 496. The summed E-state index contributed by atoms with van der Waals surface area (Å²) in [6.45, 7) is 12.5. The summed E-state index contributed by atoms with van der Waals surface area (Å²) < 4.78 is 0. The topological polar surface area (TPSA) is 0 Å². The molecule has 21 heavy (non-hydrogen) atoms. The van der Waals surface area contributed by atoms with Crippen LogP contribution >= 0.6 is 0 Å². The highest BCUT2D eigenvalue weighted by Crippen LogP contribution is 2.21. The lowest BCUT2D eigenvalue weighted by Gasteiger charge is -2.07. The molecule has 0 saturated carbocycles. The fourth-order valence-electron chi connectivity index (χ4n) is 2.03. The molecule has 0 unspecified atom stereocenters. The quantitative estimate of drug-likeness (QED) is 0.511. The van der Waals surface area contributed by atoms with E-state index in [1.54, 1.807) is 0 Å². The Hall–Kier alpha value is -1.82. The van der Waals surface area contributed by atoms with Crippen molar-refractivity contribution in [1.82, 2.24) is 0 Å². The first-order valence-corrected chi connectivity index (χ1v) is 7.96. The van der Waals surface area contributed by atoms with E-state index in [0.717, 1.165) is 6.42 Å². The zero-order valence-electron chi connectivity index (χ0n) is 14.5. The first kappa shape index (κ1) is 19.2. The second kappa shape index (κ2) is 12.0. The molecule has 0 saturated heterocycles. The number of allylic oxidation sites excluding steroid dienone is 8. The number of rotatable bonds is 5. The molecule has 0 nitrogen and oxygen atoms in total. The van der Waals surface area contributed by atoms with Crippen molar-refractivity contribution in [3.05, 3.63) is 77.4 Å². The van der Waals surface area contributed by atoms with E-state index in [0.29, 0.717) is 0 Å². The van der Waals surface area contributed by atoms with Crippen molar-refractivity contribution in [2.45, 2.75) is 48.0 Å². The highest BCUT2D eigenvalue weighted by atomic mass is 14.1. The van der Waals surface area contributed by atoms with Gasteiger partial charge < -0.3 is 0 Å². The van der Waals surface area contributed by atoms with E-state index in [1.165, 1.54) is 22.3 Å². The molecular weight excluding hydrogens is 252 g/mol. The lowest BCUT2D eigenvalue weighted by Crippen LogP contribution is -1.86. The van der Waals surface area contributed by atoms with Crippen molar-refractivity contribution in [1.29, 1.82) is 0 Å². The van der Waals surface area contributed by atoms with E-state index in [9.17, 15) is 0 Å². The Kier molecular flexibility index (Phi) is 10.9. The van der Waals surface area contributed by atoms with Gasteiger partial charge in [-0.2, -0.15) is 0 Å². The van der Waals surface area contributed by atoms with Crippen LogP contribution in [0.15, 0.2) is 71.9 Å². The summed E-state index contributed by atoms with van der Waals surface area (Å²) >= 11 is 0. The van der Waals surface area contributed by atoms with Crippen LogP contribution in [-0.2, 0) is 0 Å². The Morgan fingerprint density at radius 2 is 1.62 bits per heavy atom. The normalized spacial score (nSPS) is 13.1. The summed E-state index contributed by atoms with van der Waals surface area (Å²) in [6.07, 6.45) is 12.0. The predicted octanol–water partition coefficient (Wildman–Crippen LogP) is 6.97. The van der Waals surface area contributed by atoms with Gasteiger partial charge >= 0.3 is 0 Å². The van der Waals surface area contributed by atoms with Crippen LogP contribution in [0, 0.1) is 0 Å². The summed E-state index contributed by atoms with van der Waals surface area (Å²) in [4.78, 5) is 0. The SMILES string of the molecule is CC.C\C=C/C(=C\CC)C(=C/C)/C=C(\C)c1ccccc1. The van der Waals surface area contributed by atoms with Crippen LogP contribution in [-0.4, -0.2) is 0 Å². The average Bonchev–Trinajstić information content (AvgIpc) is 2.55. The Morgan fingerprint density at radius 1 is 1.00 bits per heavy atom. The van der Waals surface area contributed by atoms with E-state index >= 15 is 0 Å². The van der Waals surface area contributed by atoms with Gasteiger partial charge in [-0.05, 0) is 49.5 Å². The minimum absolute atomic E-state index is 1.05. The molecule has 0 aliphatic heterocycles. The van der Waals surface area contributed by atoms with Gasteiger partial charge in [-0.25, -0.2) is 0 Å². The van der Waals surface area contributed by atoms with Gasteiger partial charge in [0.25, 0.3) is 0 Å². The van der Waals surface area contributed by atoms with Gasteiger partial charge in [0.1, 0.15) is 0 Å². The maximum atomic E-state index is 2.27. The molecule has 0 N–H and O–H groups in total. The summed E-state index contributed by atoms with van der Waals surface area (Å²) in [7, 11) is 0. The number of hydrogen-bond acceptors (Lipinski definition) is 0. The largest absolute Gasteiger partial charge is 0.0871 e. The highest BCUT2D eigenvalue weighted by Gasteiger charge is 2.00. The highest BCUT2D eigenvalue weighted by molar-refractivity contribution is 5.68. The van der Waals surface area contributed by atoms with Crippen LogP contribution in [0.3, 0.4) is 0 Å². The van der Waals surface area contributed by atoms with E-state index < -0.39 is 0 Å². The third kappa shape index (κ3) is 6.94. The van der Waals surface area contributed by atoms with Crippen LogP contribution in [0.4, 0.5) is 0 Å². The van der Waals surface area contributed by atoms with Crippen molar-refractivity contribution >= 4 is 5.57 Å². The summed E-state index contributed by atoms with van der Waals surface area (Å²) in [5.74, 6) is 0. The van der Waals surface area contributed by atoms with Gasteiger partial charge in [-0.3, -0.25) is 0 Å². The first-order chi connectivity index (χ1) is 10.2. The van der Waals surface area contributed by atoms with E-state index in [-0.39, 0.29) is 0 Å². The van der Waals surface area contributed by atoms with Crippen LogP contribution < -0.4 is 0 Å². The van der Waals surface area contributed by atoms with E-state index in [2.05, 4.69) is 88.4 Å². The molecule has 0 heteroatoms. The molecule has 0 radical (unpaired) electrons. The molecule has 0 aliphatic carbocycles. The molecule has 0 atom stereocenters. The molecule has 0 aliphatic rings. The molecule has 0 bridgehead atoms. The molecule has 1 rings (SSSR count). The molecular formula is C21H30. The molecule has 0 spiro atoms. The van der Waals surface area contributed by atoms with Crippen LogP contribution in [0.1, 0.15) is 53.5 Å². The number of hydrogen-bond donors (Lipinski definition) is 0. The Labute approximate surface area is 131 Å². The van der Waals surface area contributed by atoms with Gasteiger partial charge in [0, 0.05) is 0 Å². The summed E-state index contributed by atoms with van der Waals surface area (Å²) in [5, 5.41) is 0. The maximum Gasteiger partial charge on any atom is -0.0227 e. The third-order valence-corrected chi connectivity index (χ3v) is 3.02. The summed E-state index contributed by atoms with van der Waals surface area (Å²) in [6, 6.07) is 10.5. The predicted molar refractivity (Wildman–Crippen MR) is 98.4 cm³/mol. The van der Waals surface area contributed by atoms with E-state index in [4.69, 9.17) is 0 Å². The smallest absolute Gasteiger partial charge is 0.0227 e. The van der Waals surface area contributed by atoms with Crippen molar-refractivity contribution < 1.29 is 0 Å². The second-order valence-corrected chi connectivity index (χ2v) is 4.51. The Morgan fingerprint density at radius 3 is 2.10 bits per heavy atom. The standard InChI is InChI=1S/C19H24.C2H6/c1-5-11-19(12-6-2)17(7-3)15-16(4)18-13-9-8-10-14-18;1-2/h5,7-15H,6H2,1-4H3;1-2H3/b11-5-,16-15+,17-7+,19-12+;. The zero-order chi connectivity index (χ0) is 16.1. The molecule has 0 aromatic heterocycles. The van der Waals surface area contributed by atoms with Crippen LogP contribution in [0.5, 0.6) is 0 Å². The lowest BCUT2D eigenvalue weighted by atomic mass is 9.98. The minimum atomic E-state index is 1.05. The molecule has 0 fully saturated rings. The van der Waals surface area contributed by atoms with Gasteiger partial charge in [0.15, 0.2) is 0 Å². The average molecular weight is 282 g/mol. The molecule has 114 valence electrons. The second-order valence-electron chi connectivity index (χ2n) is 4.51. The fraction of sp³-hybridized carbons (Fsp3) is 0.333. The van der Waals surface area contributed by atoms with Crippen molar-refractivity contribution in [2.75, 3.05) is 0 Å². The van der Waals surface area contributed by atoms with Crippen molar-refractivity contribution in [3.8, 4) is 0 Å². The van der Waals surface area contributed by atoms with E-state index in [1.807, 2.05) is 13.8 Å². The minimum Gasteiger partial charge on any atom is -0.0871 e. The zero-order valence-corrected chi connectivity index (χ0v) is 14.5. The fourth-order valence-corrected chi connectivity index (χ4v) is 2.03. The van der Waals surface area contributed by atoms with Gasteiger partial charge in [0.05, 0.1) is 0 Å². The lowest BCUT2D eigenvalue weighted by molar-refractivity contribution is 1.20. The van der Waals surface area contributed by atoms with Crippen molar-refractivity contribution in [2.24, 2.45) is 0 Å². The maximum absolute atomic E-state index is 2.27. The summed E-state index contributed by atoms with van der Waals surface area (Å²) in [5.41, 5.74) is 5.14. The molecule has 0 heterocycles. The number of benzene rings is 1. The third-order valence-electron chi connectivity index (χ3n) is 3.02. The molecule has 1 aromatic rings. The first-order valence-electron chi connectivity index (χ1n) is 7.96. The van der Waals surface area contributed by atoms with Gasteiger partial charge in [-0.1, -0.05) is 81.5 Å². The molecule has 1 aromatic carbocycles.